The summed E-state index contributed by atoms with van der Waals surface area (Å²) < 4.78 is 23.7. The summed E-state index contributed by atoms with van der Waals surface area (Å²) in [6, 6.07) is 4.51. The van der Waals surface area contributed by atoms with Crippen LogP contribution in [0.15, 0.2) is 18.2 Å². The van der Waals surface area contributed by atoms with Crippen LogP contribution in [0.25, 0.3) is 0 Å². The number of rotatable bonds is 6. The number of hydrogen-bond donors (Lipinski definition) is 1. The number of aryl methyl sites for hydroxylation is 1. The third-order valence-corrected chi connectivity index (χ3v) is 4.08. The molecule has 0 aliphatic carbocycles. The summed E-state index contributed by atoms with van der Waals surface area (Å²) in [4.78, 5) is 14.0. The second-order valence-electron chi connectivity index (χ2n) is 5.44. The summed E-state index contributed by atoms with van der Waals surface area (Å²) in [5, 5.41) is 9.37. The van der Waals surface area contributed by atoms with Crippen molar-refractivity contribution < 1.29 is 23.8 Å². The number of aliphatic hydroxyl groups excluding tert-OH is 1. The van der Waals surface area contributed by atoms with Crippen LogP contribution in [0.4, 0.5) is 4.39 Å². The molecule has 2 atom stereocenters. The Labute approximate surface area is 129 Å². The van der Waals surface area contributed by atoms with E-state index in [1.807, 2.05) is 0 Å². The minimum Gasteiger partial charge on any atom is -0.494 e. The Kier molecular flexibility index (Phi) is 5.74. The molecule has 0 radical (unpaired) electrons. The number of nitrogens with zero attached hydrogens (tertiary/aromatic N) is 1. The van der Waals surface area contributed by atoms with Gasteiger partial charge in [-0.3, -0.25) is 4.79 Å². The molecule has 0 spiro atoms. The first-order valence-electron chi connectivity index (χ1n) is 7.34. The van der Waals surface area contributed by atoms with Crippen molar-refractivity contribution in [2.45, 2.75) is 31.4 Å². The normalized spacial score (nSPS) is 21.2. The molecule has 0 aromatic heterocycles. The van der Waals surface area contributed by atoms with Crippen molar-refractivity contribution in [3.8, 4) is 5.75 Å². The molecule has 1 aromatic rings. The lowest BCUT2D eigenvalue weighted by Gasteiger charge is -2.22. The summed E-state index contributed by atoms with van der Waals surface area (Å²) in [6.07, 6.45) is 1.35. The number of aliphatic hydroxyl groups is 1. The molecule has 0 unspecified atom stereocenters. The molecule has 1 aromatic carbocycles. The average Bonchev–Trinajstić information content (AvgIpc) is 2.96. The van der Waals surface area contributed by atoms with Crippen LogP contribution in [-0.2, 0) is 16.0 Å². The van der Waals surface area contributed by atoms with Gasteiger partial charge in [-0.25, -0.2) is 4.39 Å². The molecule has 122 valence electrons. The lowest BCUT2D eigenvalue weighted by Crippen LogP contribution is -2.38. The average molecular weight is 311 g/mol. The van der Waals surface area contributed by atoms with Gasteiger partial charge in [0.05, 0.1) is 25.9 Å². The third kappa shape index (κ3) is 3.75. The van der Waals surface area contributed by atoms with Crippen molar-refractivity contribution in [1.82, 2.24) is 4.90 Å². The van der Waals surface area contributed by atoms with E-state index < -0.39 is 5.82 Å². The predicted octanol–water partition coefficient (Wildman–Crippen LogP) is 1.38. The maximum absolute atomic E-state index is 13.6. The van der Waals surface area contributed by atoms with Gasteiger partial charge in [0.2, 0.25) is 5.91 Å². The SMILES string of the molecule is COc1ccc(CCC(=O)N2C[C@@H](OC)C[C@H]2CO)cc1F. The molecule has 1 N–H and O–H groups in total. The van der Waals surface area contributed by atoms with E-state index in [2.05, 4.69) is 0 Å². The fraction of sp³-hybridized carbons (Fsp3) is 0.562. The van der Waals surface area contributed by atoms with Crippen LogP contribution in [0, 0.1) is 5.82 Å². The number of amides is 1. The van der Waals surface area contributed by atoms with Gasteiger partial charge in [-0.1, -0.05) is 6.07 Å². The van der Waals surface area contributed by atoms with E-state index in [0.29, 0.717) is 19.4 Å². The zero-order valence-electron chi connectivity index (χ0n) is 12.9. The Bertz CT molecular complexity index is 523. The Hall–Kier alpha value is -1.66. The number of hydrogen-bond acceptors (Lipinski definition) is 4. The highest BCUT2D eigenvalue weighted by molar-refractivity contribution is 5.77. The van der Waals surface area contributed by atoms with E-state index in [0.717, 1.165) is 5.56 Å². The Morgan fingerprint density at radius 1 is 1.45 bits per heavy atom. The molecule has 2 rings (SSSR count). The highest BCUT2D eigenvalue weighted by Crippen LogP contribution is 2.22. The summed E-state index contributed by atoms with van der Waals surface area (Å²) in [5.74, 6) is -0.283. The van der Waals surface area contributed by atoms with Gasteiger partial charge in [0.15, 0.2) is 11.6 Å². The summed E-state index contributed by atoms with van der Waals surface area (Å²) in [5.41, 5.74) is 0.745. The molecule has 0 saturated carbocycles. The van der Waals surface area contributed by atoms with Gasteiger partial charge in [0.25, 0.3) is 0 Å². The largest absolute Gasteiger partial charge is 0.494 e. The molecule has 1 aliphatic rings. The van der Waals surface area contributed by atoms with E-state index in [-0.39, 0.29) is 36.8 Å². The number of carbonyl (C=O) groups excluding carboxylic acids is 1. The quantitative estimate of drug-likeness (QED) is 0.862. The smallest absolute Gasteiger partial charge is 0.223 e. The van der Waals surface area contributed by atoms with Gasteiger partial charge in [-0.2, -0.15) is 0 Å². The first kappa shape index (κ1) is 16.7. The fourth-order valence-electron chi connectivity index (χ4n) is 2.78. The van der Waals surface area contributed by atoms with E-state index in [9.17, 15) is 14.3 Å². The molecule has 5 nitrogen and oxygen atoms in total. The second-order valence-corrected chi connectivity index (χ2v) is 5.44. The zero-order chi connectivity index (χ0) is 16.1. The monoisotopic (exact) mass is 311 g/mol. The van der Waals surface area contributed by atoms with Gasteiger partial charge < -0.3 is 19.5 Å². The second kappa shape index (κ2) is 7.56. The number of halogens is 1. The Morgan fingerprint density at radius 3 is 2.82 bits per heavy atom. The summed E-state index contributed by atoms with van der Waals surface area (Å²) >= 11 is 0. The van der Waals surface area contributed by atoms with Crippen LogP contribution in [0.3, 0.4) is 0 Å². The topological polar surface area (TPSA) is 59.0 Å². The van der Waals surface area contributed by atoms with E-state index >= 15 is 0 Å². The lowest BCUT2D eigenvalue weighted by molar-refractivity contribution is -0.133. The van der Waals surface area contributed by atoms with Crippen LogP contribution in [-0.4, -0.2) is 55.4 Å². The Morgan fingerprint density at radius 2 is 2.23 bits per heavy atom. The van der Waals surface area contributed by atoms with Crippen molar-refractivity contribution >= 4 is 5.91 Å². The fourth-order valence-corrected chi connectivity index (χ4v) is 2.78. The number of ether oxygens (including phenoxy) is 2. The lowest BCUT2D eigenvalue weighted by atomic mass is 10.1. The summed E-state index contributed by atoms with van der Waals surface area (Å²) in [7, 11) is 3.02. The zero-order valence-corrected chi connectivity index (χ0v) is 12.9. The first-order valence-corrected chi connectivity index (χ1v) is 7.34. The standard InChI is InChI=1S/C16H22FNO4/c1-21-13-8-12(10-19)18(9-13)16(20)6-4-11-3-5-15(22-2)14(17)7-11/h3,5,7,12-13,19H,4,6,8-10H2,1-2H3/t12-,13-/m0/s1. The molecule has 0 bridgehead atoms. The van der Waals surface area contributed by atoms with Crippen LogP contribution < -0.4 is 4.74 Å². The summed E-state index contributed by atoms with van der Waals surface area (Å²) in [6.45, 7) is 0.431. The number of methoxy groups -OCH3 is 2. The molecule has 1 saturated heterocycles. The Balaban J connectivity index is 1.93. The molecule has 1 heterocycles. The van der Waals surface area contributed by atoms with Gasteiger partial charge in [-0.15, -0.1) is 0 Å². The van der Waals surface area contributed by atoms with Crippen molar-refractivity contribution in [3.05, 3.63) is 29.6 Å². The first-order chi connectivity index (χ1) is 10.6. The highest BCUT2D eigenvalue weighted by atomic mass is 19.1. The van der Waals surface area contributed by atoms with Gasteiger partial charge >= 0.3 is 0 Å². The molecule has 1 amide bonds. The van der Waals surface area contributed by atoms with Crippen LogP contribution >= 0.6 is 0 Å². The molecular weight excluding hydrogens is 289 g/mol. The van der Waals surface area contributed by atoms with Crippen LogP contribution in [0.1, 0.15) is 18.4 Å². The molecular formula is C16H22FNO4. The predicted molar refractivity (Wildman–Crippen MR) is 79.3 cm³/mol. The third-order valence-electron chi connectivity index (χ3n) is 4.08. The highest BCUT2D eigenvalue weighted by Gasteiger charge is 2.34. The van der Waals surface area contributed by atoms with Crippen LogP contribution in [0.2, 0.25) is 0 Å². The minimum atomic E-state index is -0.429. The van der Waals surface area contributed by atoms with Gasteiger partial charge in [-0.05, 0) is 30.5 Å². The number of likely N-dealkylation sites (tertiary alicyclic amines) is 1. The number of benzene rings is 1. The van der Waals surface area contributed by atoms with Crippen molar-refractivity contribution in [1.29, 1.82) is 0 Å². The van der Waals surface area contributed by atoms with E-state index in [4.69, 9.17) is 9.47 Å². The molecule has 1 fully saturated rings. The van der Waals surface area contributed by atoms with Gasteiger partial charge in [0, 0.05) is 20.1 Å². The van der Waals surface area contributed by atoms with Gasteiger partial charge in [0.1, 0.15) is 0 Å². The number of carbonyl (C=O) groups is 1. The van der Waals surface area contributed by atoms with Crippen molar-refractivity contribution in [2.24, 2.45) is 0 Å². The van der Waals surface area contributed by atoms with Crippen molar-refractivity contribution in [2.75, 3.05) is 27.4 Å². The maximum Gasteiger partial charge on any atom is 0.223 e. The minimum absolute atomic E-state index is 0.0282. The van der Waals surface area contributed by atoms with Crippen molar-refractivity contribution in [3.63, 3.8) is 0 Å². The molecule has 6 heteroatoms. The maximum atomic E-state index is 13.6. The van der Waals surface area contributed by atoms with Crippen LogP contribution in [0.5, 0.6) is 5.75 Å². The molecule has 22 heavy (non-hydrogen) atoms. The van der Waals surface area contributed by atoms with E-state index in [1.165, 1.54) is 13.2 Å². The van der Waals surface area contributed by atoms with E-state index in [1.54, 1.807) is 24.1 Å². The molecule has 1 aliphatic heterocycles.